The summed E-state index contributed by atoms with van der Waals surface area (Å²) in [5, 5.41) is 4.85. The van der Waals surface area contributed by atoms with Crippen molar-refractivity contribution >= 4 is 11.0 Å². The molecule has 3 aromatic heterocycles. The number of hydrogen-bond donors (Lipinski definition) is 0. The first-order chi connectivity index (χ1) is 14.2. The predicted octanol–water partition coefficient (Wildman–Crippen LogP) is 5.68. The molecule has 0 unspecified atom stereocenters. The van der Waals surface area contributed by atoms with Gasteiger partial charge in [-0.15, -0.1) is 0 Å². The zero-order valence-corrected chi connectivity index (χ0v) is 18.1. The second-order valence-electron chi connectivity index (χ2n) is 8.46. The van der Waals surface area contributed by atoms with Gasteiger partial charge in [0.2, 0.25) is 5.95 Å². The average molecular weight is 404 g/mol. The van der Waals surface area contributed by atoms with Gasteiger partial charge in [0.15, 0.2) is 0 Å². The largest absolute Gasteiger partial charge is 0.494 e. The van der Waals surface area contributed by atoms with E-state index in [4.69, 9.17) is 14.8 Å². The van der Waals surface area contributed by atoms with Crippen molar-refractivity contribution in [2.75, 3.05) is 7.11 Å². The molecule has 0 aliphatic heterocycles. The standard InChI is InChI=1S/C24H25FN4O/c1-14-8-7-9-17(15(14)2)22-19(30-6)12-18-23(27-22)21(28-29(18)24(3,4)5)16-10-11-20(25)26-13-16/h7-13H,1-6H3. The zero-order valence-electron chi connectivity index (χ0n) is 18.1. The van der Waals surface area contributed by atoms with Gasteiger partial charge in [-0.05, 0) is 57.9 Å². The lowest BCUT2D eigenvalue weighted by Gasteiger charge is -2.21. The van der Waals surface area contributed by atoms with Gasteiger partial charge in [0.25, 0.3) is 0 Å². The van der Waals surface area contributed by atoms with Crippen LogP contribution in [-0.2, 0) is 5.54 Å². The van der Waals surface area contributed by atoms with Gasteiger partial charge in [0, 0.05) is 23.4 Å². The number of methoxy groups -OCH3 is 1. The Morgan fingerprint density at radius 3 is 2.43 bits per heavy atom. The summed E-state index contributed by atoms with van der Waals surface area (Å²) in [7, 11) is 1.65. The van der Waals surface area contributed by atoms with E-state index in [9.17, 15) is 4.39 Å². The van der Waals surface area contributed by atoms with Crippen LogP contribution in [0.25, 0.3) is 33.5 Å². The highest BCUT2D eigenvalue weighted by molar-refractivity contribution is 5.93. The first-order valence-corrected chi connectivity index (χ1v) is 9.87. The van der Waals surface area contributed by atoms with Crippen LogP contribution in [0, 0.1) is 19.8 Å². The highest BCUT2D eigenvalue weighted by Crippen LogP contribution is 2.38. The van der Waals surface area contributed by atoms with Gasteiger partial charge >= 0.3 is 0 Å². The Hall–Kier alpha value is -3.28. The van der Waals surface area contributed by atoms with E-state index in [1.165, 1.54) is 17.8 Å². The molecule has 0 spiro atoms. The molecule has 0 bridgehead atoms. The monoisotopic (exact) mass is 404 g/mol. The van der Waals surface area contributed by atoms with Crippen LogP contribution in [0.2, 0.25) is 0 Å². The number of benzene rings is 1. The second-order valence-corrected chi connectivity index (χ2v) is 8.46. The Balaban J connectivity index is 2.08. The minimum atomic E-state index is -0.524. The Kier molecular flexibility index (Phi) is 4.80. The predicted molar refractivity (Wildman–Crippen MR) is 117 cm³/mol. The fraction of sp³-hybridized carbons (Fsp3) is 0.292. The van der Waals surface area contributed by atoms with E-state index in [2.05, 4.69) is 45.7 Å². The summed E-state index contributed by atoms with van der Waals surface area (Å²) in [4.78, 5) is 8.83. The number of hydrogen-bond acceptors (Lipinski definition) is 4. The smallest absolute Gasteiger partial charge is 0.212 e. The molecule has 5 nitrogen and oxygen atoms in total. The van der Waals surface area contributed by atoms with Crippen molar-refractivity contribution < 1.29 is 9.13 Å². The van der Waals surface area contributed by atoms with Crippen molar-refractivity contribution in [2.24, 2.45) is 0 Å². The van der Waals surface area contributed by atoms with Gasteiger partial charge in [0.1, 0.15) is 22.7 Å². The summed E-state index contributed by atoms with van der Waals surface area (Å²) in [6, 6.07) is 11.2. The maximum Gasteiger partial charge on any atom is 0.212 e. The molecule has 30 heavy (non-hydrogen) atoms. The first-order valence-electron chi connectivity index (χ1n) is 9.87. The molecule has 0 amide bonds. The first kappa shape index (κ1) is 20.0. The molecule has 0 radical (unpaired) electrons. The van der Waals surface area contributed by atoms with Crippen molar-refractivity contribution in [1.29, 1.82) is 0 Å². The maximum absolute atomic E-state index is 13.4. The fourth-order valence-electron chi connectivity index (χ4n) is 3.60. The van der Waals surface area contributed by atoms with Gasteiger partial charge in [-0.3, -0.25) is 4.68 Å². The third kappa shape index (κ3) is 3.32. The van der Waals surface area contributed by atoms with Crippen molar-refractivity contribution in [3.05, 3.63) is 59.7 Å². The van der Waals surface area contributed by atoms with Crippen LogP contribution >= 0.6 is 0 Å². The van der Waals surface area contributed by atoms with Crippen LogP contribution in [0.5, 0.6) is 5.75 Å². The van der Waals surface area contributed by atoms with E-state index < -0.39 is 5.95 Å². The Morgan fingerprint density at radius 2 is 1.80 bits per heavy atom. The Bertz CT molecular complexity index is 1240. The minimum Gasteiger partial charge on any atom is -0.494 e. The number of aromatic nitrogens is 4. The molecule has 0 N–H and O–H groups in total. The van der Waals surface area contributed by atoms with E-state index in [1.54, 1.807) is 13.2 Å². The van der Waals surface area contributed by atoms with E-state index >= 15 is 0 Å². The topological polar surface area (TPSA) is 52.8 Å². The third-order valence-electron chi connectivity index (χ3n) is 5.34. The molecule has 4 rings (SSSR count). The lowest BCUT2D eigenvalue weighted by atomic mass is 9.99. The molecule has 0 saturated heterocycles. The van der Waals surface area contributed by atoms with Crippen molar-refractivity contribution in [1.82, 2.24) is 19.7 Å². The van der Waals surface area contributed by atoms with E-state index in [0.717, 1.165) is 27.9 Å². The minimum absolute atomic E-state index is 0.280. The molecule has 0 fully saturated rings. The summed E-state index contributed by atoms with van der Waals surface area (Å²) in [6.07, 6.45) is 1.49. The van der Waals surface area contributed by atoms with Gasteiger partial charge in [-0.2, -0.15) is 9.49 Å². The molecule has 0 aliphatic carbocycles. The molecule has 0 aliphatic rings. The summed E-state index contributed by atoms with van der Waals surface area (Å²) in [5.41, 5.74) is 6.80. The highest BCUT2D eigenvalue weighted by atomic mass is 19.1. The number of rotatable bonds is 3. The van der Waals surface area contributed by atoms with Gasteiger partial charge in [-0.25, -0.2) is 9.97 Å². The molecular formula is C24H25FN4O. The molecule has 3 heterocycles. The second kappa shape index (κ2) is 7.20. The number of pyridine rings is 2. The average Bonchev–Trinajstić information content (AvgIpc) is 3.08. The summed E-state index contributed by atoms with van der Waals surface area (Å²) in [6.45, 7) is 10.4. The fourth-order valence-corrected chi connectivity index (χ4v) is 3.60. The van der Waals surface area contributed by atoms with Crippen molar-refractivity contribution in [3.63, 3.8) is 0 Å². The summed E-state index contributed by atoms with van der Waals surface area (Å²) < 4.78 is 21.1. The van der Waals surface area contributed by atoms with Crippen LogP contribution in [-0.4, -0.2) is 26.9 Å². The molecule has 0 saturated carbocycles. The quantitative estimate of drug-likeness (QED) is 0.412. The molecule has 4 aromatic rings. The Morgan fingerprint density at radius 1 is 1.03 bits per heavy atom. The van der Waals surface area contributed by atoms with Crippen LogP contribution in [0.3, 0.4) is 0 Å². The third-order valence-corrected chi connectivity index (χ3v) is 5.34. The van der Waals surface area contributed by atoms with Gasteiger partial charge in [-0.1, -0.05) is 18.2 Å². The molecule has 1 aromatic carbocycles. The van der Waals surface area contributed by atoms with Crippen LogP contribution in [0.4, 0.5) is 4.39 Å². The van der Waals surface area contributed by atoms with Gasteiger partial charge < -0.3 is 4.74 Å². The number of nitrogens with zero attached hydrogens (tertiary/aromatic N) is 4. The summed E-state index contributed by atoms with van der Waals surface area (Å²) >= 11 is 0. The van der Waals surface area contributed by atoms with E-state index in [1.807, 2.05) is 22.9 Å². The zero-order chi connectivity index (χ0) is 21.6. The lowest BCUT2D eigenvalue weighted by molar-refractivity contribution is 0.368. The highest BCUT2D eigenvalue weighted by Gasteiger charge is 2.25. The molecular weight excluding hydrogens is 379 g/mol. The molecule has 6 heteroatoms. The van der Waals surface area contributed by atoms with Crippen molar-refractivity contribution in [3.8, 4) is 28.3 Å². The number of ether oxygens (including phenoxy) is 1. The number of aryl methyl sites for hydroxylation is 1. The lowest BCUT2D eigenvalue weighted by Crippen LogP contribution is -2.23. The van der Waals surface area contributed by atoms with E-state index in [-0.39, 0.29) is 5.54 Å². The number of fused-ring (bicyclic) bond motifs is 1. The van der Waals surface area contributed by atoms with E-state index in [0.29, 0.717) is 17.0 Å². The van der Waals surface area contributed by atoms with Crippen molar-refractivity contribution in [2.45, 2.75) is 40.2 Å². The van der Waals surface area contributed by atoms with Crippen LogP contribution < -0.4 is 4.74 Å². The molecule has 0 atom stereocenters. The van der Waals surface area contributed by atoms with Crippen LogP contribution in [0.15, 0.2) is 42.6 Å². The summed E-state index contributed by atoms with van der Waals surface area (Å²) in [5.74, 6) is 0.161. The molecule has 154 valence electrons. The number of halogens is 1. The van der Waals surface area contributed by atoms with Crippen LogP contribution in [0.1, 0.15) is 31.9 Å². The SMILES string of the molecule is COc1cc2c(nc1-c1cccc(C)c1C)c(-c1ccc(F)nc1)nn2C(C)(C)C. The van der Waals surface area contributed by atoms with Gasteiger partial charge in [0.05, 0.1) is 18.2 Å². The normalized spacial score (nSPS) is 11.8. The Labute approximate surface area is 175 Å². The maximum atomic E-state index is 13.4.